The molecule has 146 valence electrons. The van der Waals surface area contributed by atoms with Crippen LogP contribution in [-0.2, 0) is 22.7 Å². The number of hydrogen-bond donors (Lipinski definition) is 1. The molecule has 1 N–H and O–H groups in total. The van der Waals surface area contributed by atoms with Crippen molar-refractivity contribution in [3.05, 3.63) is 59.7 Å². The van der Waals surface area contributed by atoms with Crippen LogP contribution in [0.1, 0.15) is 24.0 Å². The quantitative estimate of drug-likeness (QED) is 0.840. The van der Waals surface area contributed by atoms with Gasteiger partial charge in [0.25, 0.3) is 5.91 Å². The standard InChI is InChI=1S/C22H26N4O2/c1-25(2)15-16-8-10-17(11-9-16)19-7-5-4-6-18(19)14-23-22(28)20-12-13-21(27)26(3)24-20/h4-11H,12-15H2,1-3H3,(H,23,28). The average molecular weight is 378 g/mol. The van der Waals surface area contributed by atoms with Crippen molar-refractivity contribution >= 4 is 17.5 Å². The van der Waals surface area contributed by atoms with Gasteiger partial charge < -0.3 is 10.2 Å². The van der Waals surface area contributed by atoms with E-state index in [1.165, 1.54) is 10.6 Å². The second-order valence-electron chi connectivity index (χ2n) is 7.24. The molecular weight excluding hydrogens is 352 g/mol. The largest absolute Gasteiger partial charge is 0.347 e. The Kier molecular flexibility index (Phi) is 6.21. The number of rotatable bonds is 6. The number of hydrazone groups is 1. The van der Waals surface area contributed by atoms with Gasteiger partial charge >= 0.3 is 0 Å². The number of nitrogens with one attached hydrogen (secondary N) is 1. The molecule has 2 amide bonds. The summed E-state index contributed by atoms with van der Waals surface area (Å²) in [4.78, 5) is 26.1. The lowest BCUT2D eigenvalue weighted by molar-refractivity contribution is -0.130. The van der Waals surface area contributed by atoms with Gasteiger partial charge in [0.2, 0.25) is 5.91 Å². The lowest BCUT2D eigenvalue weighted by Crippen LogP contribution is -2.37. The topological polar surface area (TPSA) is 65.0 Å². The highest BCUT2D eigenvalue weighted by molar-refractivity contribution is 6.39. The number of carbonyl (C=O) groups excluding carboxylic acids is 2. The molecule has 0 saturated carbocycles. The van der Waals surface area contributed by atoms with E-state index < -0.39 is 0 Å². The van der Waals surface area contributed by atoms with E-state index in [1.807, 2.05) is 18.2 Å². The van der Waals surface area contributed by atoms with Gasteiger partial charge in [-0.15, -0.1) is 0 Å². The molecular formula is C22H26N4O2. The third-order valence-electron chi connectivity index (χ3n) is 4.69. The Balaban J connectivity index is 1.71. The van der Waals surface area contributed by atoms with Gasteiger partial charge in [-0.3, -0.25) is 9.59 Å². The van der Waals surface area contributed by atoms with Crippen molar-refractivity contribution in [2.24, 2.45) is 5.10 Å². The number of nitrogens with zero attached hydrogens (tertiary/aromatic N) is 3. The molecule has 0 aliphatic carbocycles. The fourth-order valence-electron chi connectivity index (χ4n) is 3.22. The van der Waals surface area contributed by atoms with E-state index in [2.05, 4.69) is 59.7 Å². The van der Waals surface area contributed by atoms with Gasteiger partial charge in [-0.1, -0.05) is 48.5 Å². The highest BCUT2D eigenvalue weighted by Gasteiger charge is 2.21. The molecule has 1 aliphatic heterocycles. The highest BCUT2D eigenvalue weighted by atomic mass is 16.2. The van der Waals surface area contributed by atoms with Crippen LogP contribution in [0.2, 0.25) is 0 Å². The summed E-state index contributed by atoms with van der Waals surface area (Å²) >= 11 is 0. The number of benzene rings is 2. The van der Waals surface area contributed by atoms with Crippen LogP contribution in [0.3, 0.4) is 0 Å². The summed E-state index contributed by atoms with van der Waals surface area (Å²) in [7, 11) is 5.68. The molecule has 2 aromatic carbocycles. The van der Waals surface area contributed by atoms with Gasteiger partial charge in [-0.05, 0) is 36.3 Å². The zero-order valence-electron chi connectivity index (χ0n) is 16.6. The zero-order chi connectivity index (χ0) is 20.1. The van der Waals surface area contributed by atoms with E-state index in [1.54, 1.807) is 7.05 Å². The molecule has 0 radical (unpaired) electrons. The molecule has 1 heterocycles. The zero-order valence-corrected chi connectivity index (χ0v) is 16.6. The third-order valence-corrected chi connectivity index (χ3v) is 4.69. The van der Waals surface area contributed by atoms with Crippen molar-refractivity contribution in [1.82, 2.24) is 15.2 Å². The molecule has 0 spiro atoms. The van der Waals surface area contributed by atoms with E-state index in [9.17, 15) is 9.59 Å². The van der Waals surface area contributed by atoms with E-state index in [4.69, 9.17) is 0 Å². The van der Waals surface area contributed by atoms with Crippen LogP contribution in [0.4, 0.5) is 0 Å². The Hall–Kier alpha value is -2.99. The van der Waals surface area contributed by atoms with Crippen LogP contribution in [0.15, 0.2) is 53.6 Å². The maximum Gasteiger partial charge on any atom is 0.267 e. The van der Waals surface area contributed by atoms with E-state index in [0.717, 1.165) is 23.2 Å². The molecule has 3 rings (SSSR count). The predicted molar refractivity (Wildman–Crippen MR) is 111 cm³/mol. The molecule has 0 aromatic heterocycles. The summed E-state index contributed by atoms with van der Waals surface area (Å²) in [6.45, 7) is 1.31. The molecule has 2 aromatic rings. The minimum absolute atomic E-state index is 0.0698. The van der Waals surface area contributed by atoms with Crippen molar-refractivity contribution in [3.63, 3.8) is 0 Å². The average Bonchev–Trinajstić information content (AvgIpc) is 2.68. The van der Waals surface area contributed by atoms with Gasteiger partial charge in [0.1, 0.15) is 5.71 Å². The number of carbonyl (C=O) groups is 2. The normalized spacial score (nSPS) is 14.2. The first-order valence-electron chi connectivity index (χ1n) is 9.38. The van der Waals surface area contributed by atoms with Gasteiger partial charge in [0.15, 0.2) is 0 Å². The van der Waals surface area contributed by atoms with Gasteiger partial charge in [0.05, 0.1) is 0 Å². The van der Waals surface area contributed by atoms with Crippen LogP contribution < -0.4 is 5.32 Å². The summed E-state index contributed by atoms with van der Waals surface area (Å²) in [5.74, 6) is -0.296. The fourth-order valence-corrected chi connectivity index (χ4v) is 3.22. The first kappa shape index (κ1) is 19.8. The van der Waals surface area contributed by atoms with E-state index >= 15 is 0 Å². The molecule has 0 saturated heterocycles. The summed E-state index contributed by atoms with van der Waals surface area (Å²) < 4.78 is 0. The van der Waals surface area contributed by atoms with Crippen molar-refractivity contribution in [1.29, 1.82) is 0 Å². The third kappa shape index (κ3) is 4.84. The minimum atomic E-state index is -0.226. The summed E-state index contributed by atoms with van der Waals surface area (Å²) in [6.07, 6.45) is 0.697. The van der Waals surface area contributed by atoms with Crippen molar-refractivity contribution in [3.8, 4) is 11.1 Å². The molecule has 6 nitrogen and oxygen atoms in total. The maximum absolute atomic E-state index is 12.4. The number of hydrogen-bond acceptors (Lipinski definition) is 4. The van der Waals surface area contributed by atoms with E-state index in [-0.39, 0.29) is 11.8 Å². The van der Waals surface area contributed by atoms with Crippen molar-refractivity contribution in [2.75, 3.05) is 21.1 Å². The van der Waals surface area contributed by atoms with Crippen LogP contribution in [0, 0.1) is 0 Å². The lowest BCUT2D eigenvalue weighted by Gasteiger charge is -2.19. The highest BCUT2D eigenvalue weighted by Crippen LogP contribution is 2.24. The minimum Gasteiger partial charge on any atom is -0.347 e. The predicted octanol–water partition coefficient (Wildman–Crippen LogP) is 2.64. The first-order valence-corrected chi connectivity index (χ1v) is 9.38. The monoisotopic (exact) mass is 378 g/mol. The Morgan fingerprint density at radius 1 is 1.11 bits per heavy atom. The Morgan fingerprint density at radius 3 is 2.50 bits per heavy atom. The SMILES string of the molecule is CN(C)Cc1ccc(-c2ccccc2CNC(=O)C2=NN(C)C(=O)CC2)cc1. The summed E-state index contributed by atoms with van der Waals surface area (Å²) in [6, 6.07) is 16.5. The van der Waals surface area contributed by atoms with Crippen LogP contribution in [-0.4, -0.2) is 48.6 Å². The smallest absolute Gasteiger partial charge is 0.267 e. The van der Waals surface area contributed by atoms with Gasteiger partial charge in [-0.25, -0.2) is 5.01 Å². The molecule has 28 heavy (non-hydrogen) atoms. The second-order valence-corrected chi connectivity index (χ2v) is 7.24. The van der Waals surface area contributed by atoms with Crippen molar-refractivity contribution < 1.29 is 9.59 Å². The lowest BCUT2D eigenvalue weighted by atomic mass is 9.98. The first-order chi connectivity index (χ1) is 13.4. The Labute approximate surface area is 165 Å². The Morgan fingerprint density at radius 2 is 1.82 bits per heavy atom. The summed E-state index contributed by atoms with van der Waals surface area (Å²) in [5, 5.41) is 8.25. The maximum atomic E-state index is 12.4. The van der Waals surface area contributed by atoms with Crippen LogP contribution >= 0.6 is 0 Å². The molecule has 0 atom stereocenters. The molecule has 0 fully saturated rings. The van der Waals surface area contributed by atoms with Crippen LogP contribution in [0.5, 0.6) is 0 Å². The van der Waals surface area contributed by atoms with Crippen LogP contribution in [0.25, 0.3) is 11.1 Å². The molecule has 0 bridgehead atoms. The van der Waals surface area contributed by atoms with Gasteiger partial charge in [-0.2, -0.15) is 5.10 Å². The molecule has 1 aliphatic rings. The van der Waals surface area contributed by atoms with Crippen molar-refractivity contribution in [2.45, 2.75) is 25.9 Å². The van der Waals surface area contributed by atoms with E-state index in [0.29, 0.717) is 25.1 Å². The second kappa shape index (κ2) is 8.80. The Bertz CT molecular complexity index is 888. The molecule has 0 unspecified atom stereocenters. The summed E-state index contributed by atoms with van der Waals surface area (Å²) in [5.41, 5.74) is 4.91. The number of amides is 2. The molecule has 6 heteroatoms. The fraction of sp³-hybridized carbons (Fsp3) is 0.318. The van der Waals surface area contributed by atoms with Gasteiger partial charge in [0, 0.05) is 33.0 Å².